The first-order valence-electron chi connectivity index (χ1n) is 8.37. The molecule has 0 spiro atoms. The minimum absolute atomic E-state index is 0.0144. The number of nitro benzene ring substituents is 1. The molecule has 0 aromatic heterocycles. The highest BCUT2D eigenvalue weighted by Gasteiger charge is 2.14. The lowest BCUT2D eigenvalue weighted by Gasteiger charge is -2.21. The zero-order valence-corrected chi connectivity index (χ0v) is 15.6. The molecular formula is C20H24N2O4. The van der Waals surface area contributed by atoms with Gasteiger partial charge in [-0.1, -0.05) is 45.0 Å². The summed E-state index contributed by atoms with van der Waals surface area (Å²) in [4.78, 5) is 24.0. The van der Waals surface area contributed by atoms with E-state index in [1.807, 2.05) is 12.1 Å². The van der Waals surface area contributed by atoms with Gasteiger partial charge in [0, 0.05) is 25.7 Å². The number of ether oxygens (including phenoxy) is 1. The van der Waals surface area contributed by atoms with Gasteiger partial charge in [-0.3, -0.25) is 14.9 Å². The molecule has 0 saturated heterocycles. The average Bonchev–Trinajstić information content (AvgIpc) is 2.59. The van der Waals surface area contributed by atoms with Crippen molar-refractivity contribution in [2.24, 2.45) is 0 Å². The number of rotatable bonds is 6. The number of hydrogen-bond donors (Lipinski definition) is 0. The van der Waals surface area contributed by atoms with Crippen molar-refractivity contribution in [3.63, 3.8) is 0 Å². The van der Waals surface area contributed by atoms with E-state index in [0.717, 1.165) is 5.56 Å². The third kappa shape index (κ3) is 5.31. The molecular weight excluding hydrogens is 332 g/mol. The van der Waals surface area contributed by atoms with Crippen LogP contribution in [-0.2, 0) is 16.8 Å². The van der Waals surface area contributed by atoms with E-state index in [4.69, 9.17) is 4.74 Å². The first-order valence-corrected chi connectivity index (χ1v) is 8.37. The van der Waals surface area contributed by atoms with Gasteiger partial charge < -0.3 is 9.64 Å². The summed E-state index contributed by atoms with van der Waals surface area (Å²) >= 11 is 0. The minimum Gasteiger partial charge on any atom is -0.484 e. The molecule has 0 fully saturated rings. The zero-order chi connectivity index (χ0) is 19.3. The summed E-state index contributed by atoms with van der Waals surface area (Å²) in [5.74, 6) is 0.259. The monoisotopic (exact) mass is 356 g/mol. The SMILES string of the molecule is CN(Cc1ccc(C(C)(C)C)cc1)C(=O)COc1ccc([N+](=O)[O-])cc1. The lowest BCUT2D eigenvalue weighted by atomic mass is 9.87. The topological polar surface area (TPSA) is 72.7 Å². The van der Waals surface area contributed by atoms with E-state index in [0.29, 0.717) is 12.3 Å². The molecule has 0 saturated carbocycles. The number of hydrogen-bond acceptors (Lipinski definition) is 4. The highest BCUT2D eigenvalue weighted by atomic mass is 16.6. The van der Waals surface area contributed by atoms with Crippen molar-refractivity contribution in [2.45, 2.75) is 32.7 Å². The molecule has 0 aliphatic rings. The molecule has 26 heavy (non-hydrogen) atoms. The van der Waals surface area contributed by atoms with Crippen molar-refractivity contribution in [3.05, 3.63) is 69.8 Å². The lowest BCUT2D eigenvalue weighted by Crippen LogP contribution is -2.31. The van der Waals surface area contributed by atoms with E-state index in [1.165, 1.54) is 29.8 Å². The Morgan fingerprint density at radius 1 is 1.08 bits per heavy atom. The Balaban J connectivity index is 1.88. The van der Waals surface area contributed by atoms with Crippen LogP contribution in [0.15, 0.2) is 48.5 Å². The molecule has 0 radical (unpaired) electrons. The Bertz CT molecular complexity index is 762. The van der Waals surface area contributed by atoms with Crippen molar-refractivity contribution in [3.8, 4) is 5.75 Å². The van der Waals surface area contributed by atoms with E-state index < -0.39 is 4.92 Å². The molecule has 1 amide bonds. The second-order valence-electron chi connectivity index (χ2n) is 7.24. The van der Waals surface area contributed by atoms with Gasteiger partial charge in [-0.15, -0.1) is 0 Å². The van der Waals surface area contributed by atoms with Crippen molar-refractivity contribution in [1.29, 1.82) is 0 Å². The van der Waals surface area contributed by atoms with Crippen LogP contribution in [0, 0.1) is 10.1 Å². The van der Waals surface area contributed by atoms with E-state index in [1.54, 1.807) is 11.9 Å². The van der Waals surface area contributed by atoms with Crippen LogP contribution in [0.3, 0.4) is 0 Å². The molecule has 6 nitrogen and oxygen atoms in total. The highest BCUT2D eigenvalue weighted by Crippen LogP contribution is 2.22. The van der Waals surface area contributed by atoms with Gasteiger partial charge in [0.15, 0.2) is 6.61 Å². The molecule has 0 bridgehead atoms. The second-order valence-corrected chi connectivity index (χ2v) is 7.24. The van der Waals surface area contributed by atoms with Gasteiger partial charge in [0.25, 0.3) is 11.6 Å². The maximum atomic E-state index is 12.2. The number of carbonyl (C=O) groups is 1. The third-order valence-corrected chi connectivity index (χ3v) is 4.08. The van der Waals surface area contributed by atoms with Crippen LogP contribution in [-0.4, -0.2) is 29.4 Å². The van der Waals surface area contributed by atoms with Gasteiger partial charge in [0.2, 0.25) is 0 Å². The van der Waals surface area contributed by atoms with Crippen LogP contribution in [0.5, 0.6) is 5.75 Å². The quantitative estimate of drug-likeness (QED) is 0.581. The Morgan fingerprint density at radius 2 is 1.65 bits per heavy atom. The molecule has 6 heteroatoms. The van der Waals surface area contributed by atoms with Crippen LogP contribution < -0.4 is 4.74 Å². The molecule has 2 aromatic rings. The molecule has 0 N–H and O–H groups in total. The number of amides is 1. The van der Waals surface area contributed by atoms with Crippen LogP contribution in [0.4, 0.5) is 5.69 Å². The van der Waals surface area contributed by atoms with Crippen molar-refractivity contribution in [2.75, 3.05) is 13.7 Å². The van der Waals surface area contributed by atoms with Crippen LogP contribution >= 0.6 is 0 Å². The standard InChI is InChI=1S/C20H24N2O4/c1-20(2,3)16-7-5-15(6-8-16)13-21(4)19(23)14-26-18-11-9-17(10-12-18)22(24)25/h5-12H,13-14H2,1-4H3. The van der Waals surface area contributed by atoms with E-state index in [9.17, 15) is 14.9 Å². The van der Waals surface area contributed by atoms with Crippen molar-refractivity contribution in [1.82, 2.24) is 4.90 Å². The summed E-state index contributed by atoms with van der Waals surface area (Å²) < 4.78 is 5.41. The predicted octanol–water partition coefficient (Wildman–Crippen LogP) is 3.93. The maximum Gasteiger partial charge on any atom is 0.269 e. The molecule has 2 aromatic carbocycles. The Kier molecular flexibility index (Phi) is 5.97. The molecule has 0 aliphatic heterocycles. The molecule has 0 aliphatic carbocycles. The molecule has 0 heterocycles. The summed E-state index contributed by atoms with van der Waals surface area (Å²) in [6.07, 6.45) is 0. The number of nitro groups is 1. The number of non-ortho nitro benzene ring substituents is 1. The van der Waals surface area contributed by atoms with Gasteiger partial charge >= 0.3 is 0 Å². The van der Waals surface area contributed by atoms with E-state index >= 15 is 0 Å². The minimum atomic E-state index is -0.479. The Hall–Kier alpha value is -2.89. The lowest BCUT2D eigenvalue weighted by molar-refractivity contribution is -0.384. The van der Waals surface area contributed by atoms with Gasteiger partial charge in [0.05, 0.1) is 4.92 Å². The van der Waals surface area contributed by atoms with Crippen molar-refractivity contribution < 1.29 is 14.5 Å². The predicted molar refractivity (Wildman–Crippen MR) is 100 cm³/mol. The van der Waals surface area contributed by atoms with Crippen LogP contribution in [0.2, 0.25) is 0 Å². The first-order chi connectivity index (χ1) is 12.2. The molecule has 2 rings (SSSR count). The fourth-order valence-electron chi connectivity index (χ4n) is 2.39. The summed E-state index contributed by atoms with van der Waals surface area (Å²) in [6.45, 7) is 6.86. The van der Waals surface area contributed by atoms with Crippen LogP contribution in [0.1, 0.15) is 31.9 Å². The summed E-state index contributed by atoms with van der Waals surface area (Å²) in [7, 11) is 1.72. The van der Waals surface area contributed by atoms with Gasteiger partial charge in [-0.25, -0.2) is 0 Å². The van der Waals surface area contributed by atoms with Crippen LogP contribution in [0.25, 0.3) is 0 Å². The van der Waals surface area contributed by atoms with Crippen molar-refractivity contribution >= 4 is 11.6 Å². The zero-order valence-electron chi connectivity index (χ0n) is 15.6. The number of carbonyl (C=O) groups excluding carboxylic acids is 1. The Labute approximate surface area is 153 Å². The number of benzene rings is 2. The Morgan fingerprint density at radius 3 is 2.15 bits per heavy atom. The summed E-state index contributed by atoms with van der Waals surface area (Å²) in [5.41, 5.74) is 2.37. The van der Waals surface area contributed by atoms with E-state index in [-0.39, 0.29) is 23.6 Å². The summed E-state index contributed by atoms with van der Waals surface area (Å²) in [5, 5.41) is 10.6. The fourth-order valence-corrected chi connectivity index (χ4v) is 2.39. The third-order valence-electron chi connectivity index (χ3n) is 4.08. The molecule has 0 atom stereocenters. The molecule has 138 valence electrons. The molecule has 0 unspecified atom stereocenters. The summed E-state index contributed by atoms with van der Waals surface area (Å²) in [6, 6.07) is 13.9. The fraction of sp³-hybridized carbons (Fsp3) is 0.350. The first kappa shape index (κ1) is 19.4. The maximum absolute atomic E-state index is 12.2. The second kappa shape index (κ2) is 7.99. The number of nitrogens with zero attached hydrogens (tertiary/aromatic N) is 2. The number of likely N-dealkylation sites (N-methyl/N-ethyl adjacent to an activating group) is 1. The van der Waals surface area contributed by atoms with Gasteiger partial charge in [-0.05, 0) is 28.7 Å². The average molecular weight is 356 g/mol. The van der Waals surface area contributed by atoms with E-state index in [2.05, 4.69) is 32.9 Å². The van der Waals surface area contributed by atoms with Gasteiger partial charge in [0.1, 0.15) is 5.75 Å². The smallest absolute Gasteiger partial charge is 0.269 e. The highest BCUT2D eigenvalue weighted by molar-refractivity contribution is 5.77. The largest absolute Gasteiger partial charge is 0.484 e. The van der Waals surface area contributed by atoms with Gasteiger partial charge in [-0.2, -0.15) is 0 Å². The normalized spacial score (nSPS) is 11.1.